The minimum absolute atomic E-state index is 0.328. The van der Waals surface area contributed by atoms with Gasteiger partial charge in [0.15, 0.2) is 11.4 Å². The molecule has 0 spiro atoms. The van der Waals surface area contributed by atoms with Crippen LogP contribution < -0.4 is 4.74 Å². The highest BCUT2D eigenvalue weighted by Crippen LogP contribution is 2.30. The highest BCUT2D eigenvalue weighted by atomic mass is 79.9. The Balaban J connectivity index is 1.87. The van der Waals surface area contributed by atoms with Crippen molar-refractivity contribution in [2.24, 2.45) is 0 Å². The number of ether oxygens (including phenoxy) is 2. The monoisotopic (exact) mass is 452 g/mol. The molecule has 0 fully saturated rings. The van der Waals surface area contributed by atoms with Gasteiger partial charge in [0, 0.05) is 26.9 Å². The number of carbonyl (C=O) groups excluding carboxylic acids is 1. The molecule has 0 N–H and O–H groups in total. The molecule has 3 aromatic rings. The predicted molar refractivity (Wildman–Crippen MR) is 97.4 cm³/mol. The molecule has 0 aliphatic carbocycles. The fourth-order valence-electron chi connectivity index (χ4n) is 2.35. The quantitative estimate of drug-likeness (QED) is 0.544. The second kappa shape index (κ2) is 6.94. The van der Waals surface area contributed by atoms with Crippen LogP contribution >= 0.6 is 31.9 Å². The van der Waals surface area contributed by atoms with Gasteiger partial charge in [0.05, 0.1) is 18.4 Å². The summed E-state index contributed by atoms with van der Waals surface area (Å²) in [6.45, 7) is 2.27. The molecular weight excluding hydrogens is 440 g/mol. The minimum atomic E-state index is -0.388. The first kappa shape index (κ1) is 17.0. The molecule has 124 valence electrons. The number of rotatable bonds is 4. The molecule has 0 unspecified atom stereocenters. The van der Waals surface area contributed by atoms with Crippen LogP contribution in [0.5, 0.6) is 5.75 Å². The molecule has 0 aliphatic heterocycles. The zero-order valence-electron chi connectivity index (χ0n) is 13.0. The van der Waals surface area contributed by atoms with Crippen LogP contribution in [0, 0.1) is 6.92 Å². The Bertz CT molecular complexity index is 898. The summed E-state index contributed by atoms with van der Waals surface area (Å²) in [5.41, 5.74) is 3.06. The summed E-state index contributed by atoms with van der Waals surface area (Å²) in [7, 11) is 1.36. The molecule has 0 atom stereocenters. The number of carbonyl (C=O) groups is 1. The lowest BCUT2D eigenvalue weighted by Crippen LogP contribution is -2.04. The van der Waals surface area contributed by atoms with E-state index in [1.165, 1.54) is 7.11 Å². The topological polar surface area (TPSA) is 52.8 Å². The summed E-state index contributed by atoms with van der Waals surface area (Å²) < 4.78 is 14.2. The number of benzene rings is 1. The number of pyridine rings is 1. The molecule has 0 saturated heterocycles. The van der Waals surface area contributed by atoms with Crippen LogP contribution in [0.2, 0.25) is 0 Å². The maximum Gasteiger partial charge on any atom is 0.337 e. The van der Waals surface area contributed by atoms with Crippen molar-refractivity contribution in [2.45, 2.75) is 13.5 Å². The number of hydrogen-bond donors (Lipinski definition) is 0. The van der Waals surface area contributed by atoms with Crippen LogP contribution in [0.3, 0.4) is 0 Å². The average Bonchev–Trinajstić information content (AvgIpc) is 2.94. The summed E-state index contributed by atoms with van der Waals surface area (Å²) in [5, 5.41) is 0. The maximum absolute atomic E-state index is 11.7. The third kappa shape index (κ3) is 3.32. The van der Waals surface area contributed by atoms with Crippen molar-refractivity contribution >= 4 is 43.5 Å². The van der Waals surface area contributed by atoms with E-state index in [-0.39, 0.29) is 5.97 Å². The van der Waals surface area contributed by atoms with Crippen molar-refractivity contribution in [3.8, 4) is 5.75 Å². The summed E-state index contributed by atoms with van der Waals surface area (Å²) in [5.74, 6) is 0.308. The Labute approximate surface area is 155 Å². The van der Waals surface area contributed by atoms with Gasteiger partial charge < -0.3 is 13.9 Å². The predicted octanol–water partition coefficient (Wildman–Crippen LogP) is 4.53. The number of halogens is 2. The van der Waals surface area contributed by atoms with E-state index < -0.39 is 0 Å². The number of hydrogen-bond acceptors (Lipinski definition) is 4. The Morgan fingerprint density at radius 1 is 1.29 bits per heavy atom. The number of imidazole rings is 1. The Morgan fingerprint density at radius 3 is 2.67 bits per heavy atom. The second-order valence-corrected chi connectivity index (χ2v) is 6.89. The number of esters is 1. The largest absolute Gasteiger partial charge is 0.485 e. The van der Waals surface area contributed by atoms with Crippen molar-refractivity contribution < 1.29 is 14.3 Å². The molecule has 2 heterocycles. The minimum Gasteiger partial charge on any atom is -0.485 e. The van der Waals surface area contributed by atoms with E-state index >= 15 is 0 Å². The zero-order valence-corrected chi connectivity index (χ0v) is 16.2. The van der Waals surface area contributed by atoms with Gasteiger partial charge in [-0.1, -0.05) is 31.9 Å². The van der Waals surface area contributed by atoms with E-state index in [2.05, 4.69) is 36.8 Å². The standard InChI is InChI=1S/C17H14Br2N2O3/c1-10-8-21-5-3-4-15(16(21)20-10)24-9-12-13(18)6-11(7-14(12)19)17(22)23-2/h3-8H,9H2,1-2H3. The molecular formula is C17H14Br2N2O3. The number of methoxy groups -OCH3 is 1. The van der Waals surface area contributed by atoms with Gasteiger partial charge in [-0.15, -0.1) is 0 Å². The summed E-state index contributed by atoms with van der Waals surface area (Å²) >= 11 is 6.97. The van der Waals surface area contributed by atoms with Crippen molar-refractivity contribution in [3.63, 3.8) is 0 Å². The van der Waals surface area contributed by atoms with E-state index in [9.17, 15) is 4.79 Å². The van der Waals surface area contributed by atoms with Crippen LogP contribution in [0.25, 0.3) is 5.65 Å². The van der Waals surface area contributed by atoms with E-state index in [4.69, 9.17) is 9.47 Å². The number of nitrogens with zero attached hydrogens (tertiary/aromatic N) is 2. The molecule has 2 aromatic heterocycles. The fourth-order valence-corrected chi connectivity index (χ4v) is 3.76. The van der Waals surface area contributed by atoms with Crippen molar-refractivity contribution in [3.05, 3.63) is 62.4 Å². The molecule has 0 saturated carbocycles. The van der Waals surface area contributed by atoms with Gasteiger partial charge in [0.25, 0.3) is 0 Å². The highest BCUT2D eigenvalue weighted by molar-refractivity contribution is 9.11. The van der Waals surface area contributed by atoms with Crippen LogP contribution in [-0.2, 0) is 11.3 Å². The highest BCUT2D eigenvalue weighted by Gasteiger charge is 2.14. The first-order chi connectivity index (χ1) is 11.5. The first-order valence-corrected chi connectivity index (χ1v) is 8.71. The maximum atomic E-state index is 11.7. The third-order valence-electron chi connectivity index (χ3n) is 3.50. The van der Waals surface area contributed by atoms with Crippen LogP contribution in [0.4, 0.5) is 0 Å². The van der Waals surface area contributed by atoms with Crippen molar-refractivity contribution in [1.82, 2.24) is 9.38 Å². The first-order valence-electron chi connectivity index (χ1n) is 7.13. The molecule has 0 amide bonds. The van der Waals surface area contributed by atoms with Gasteiger partial charge in [-0.25, -0.2) is 9.78 Å². The van der Waals surface area contributed by atoms with Crippen LogP contribution in [0.15, 0.2) is 45.6 Å². The van der Waals surface area contributed by atoms with Gasteiger partial charge in [-0.05, 0) is 31.2 Å². The van der Waals surface area contributed by atoms with Gasteiger partial charge in [-0.2, -0.15) is 0 Å². The number of aryl methyl sites for hydroxylation is 1. The average molecular weight is 454 g/mol. The SMILES string of the molecule is COC(=O)c1cc(Br)c(COc2cccn3cc(C)nc23)c(Br)c1. The Morgan fingerprint density at radius 2 is 2.00 bits per heavy atom. The molecule has 7 heteroatoms. The van der Waals surface area contributed by atoms with Gasteiger partial charge >= 0.3 is 5.97 Å². The van der Waals surface area contributed by atoms with Crippen molar-refractivity contribution in [1.29, 1.82) is 0 Å². The zero-order chi connectivity index (χ0) is 17.3. The van der Waals surface area contributed by atoms with Gasteiger partial charge in [0.1, 0.15) is 6.61 Å². The molecule has 0 radical (unpaired) electrons. The summed E-state index contributed by atoms with van der Waals surface area (Å²) in [4.78, 5) is 16.1. The molecule has 24 heavy (non-hydrogen) atoms. The Hall–Kier alpha value is -1.86. The molecule has 5 nitrogen and oxygen atoms in total. The fraction of sp³-hybridized carbons (Fsp3) is 0.176. The number of fused-ring (bicyclic) bond motifs is 1. The van der Waals surface area contributed by atoms with E-state index in [0.717, 1.165) is 25.8 Å². The van der Waals surface area contributed by atoms with E-state index in [1.807, 2.05) is 35.9 Å². The van der Waals surface area contributed by atoms with E-state index in [0.29, 0.717) is 17.9 Å². The second-order valence-electron chi connectivity index (χ2n) is 5.18. The molecule has 0 bridgehead atoms. The Kier molecular flexibility index (Phi) is 4.91. The third-order valence-corrected chi connectivity index (χ3v) is 4.92. The lowest BCUT2D eigenvalue weighted by atomic mass is 10.1. The number of aromatic nitrogens is 2. The summed E-state index contributed by atoms with van der Waals surface area (Å²) in [6, 6.07) is 7.23. The lowest BCUT2D eigenvalue weighted by Gasteiger charge is -2.12. The molecule has 3 rings (SSSR count). The molecule has 1 aromatic carbocycles. The van der Waals surface area contributed by atoms with Crippen LogP contribution in [-0.4, -0.2) is 22.5 Å². The van der Waals surface area contributed by atoms with Crippen LogP contribution in [0.1, 0.15) is 21.6 Å². The van der Waals surface area contributed by atoms with Gasteiger partial charge in [-0.3, -0.25) is 0 Å². The smallest absolute Gasteiger partial charge is 0.337 e. The normalized spacial score (nSPS) is 10.8. The van der Waals surface area contributed by atoms with Crippen molar-refractivity contribution in [2.75, 3.05) is 7.11 Å². The van der Waals surface area contributed by atoms with Gasteiger partial charge in [0.2, 0.25) is 0 Å². The molecule has 0 aliphatic rings. The lowest BCUT2D eigenvalue weighted by molar-refractivity contribution is 0.0600. The van der Waals surface area contributed by atoms with E-state index in [1.54, 1.807) is 12.1 Å². The summed E-state index contributed by atoms with van der Waals surface area (Å²) in [6.07, 6.45) is 3.87.